The van der Waals surface area contributed by atoms with E-state index in [1.165, 1.54) is 0 Å². The average molecular weight is 383 g/mol. The lowest BCUT2D eigenvalue weighted by atomic mass is 10.1. The summed E-state index contributed by atoms with van der Waals surface area (Å²) in [5.41, 5.74) is 3.05. The number of hydrogen-bond donors (Lipinski definition) is 3. The number of nitrogens with one attached hydrogen (secondary N) is 1. The van der Waals surface area contributed by atoms with Gasteiger partial charge in [0.05, 0.1) is 22.4 Å². The second-order valence-corrected chi connectivity index (χ2v) is 5.31. The summed E-state index contributed by atoms with van der Waals surface area (Å²) in [6.07, 6.45) is -5.06. The van der Waals surface area contributed by atoms with E-state index in [9.17, 15) is 37.5 Å². The van der Waals surface area contributed by atoms with Gasteiger partial charge < -0.3 is 15.6 Å². The van der Waals surface area contributed by atoms with Gasteiger partial charge in [-0.15, -0.1) is 13.2 Å². The number of carboxylic acids is 1. The van der Waals surface area contributed by atoms with E-state index < -0.39 is 52.5 Å². The number of nitrogen functional groups attached to an aromatic ring is 1. The third kappa shape index (κ3) is 3.07. The van der Waals surface area contributed by atoms with E-state index in [2.05, 4.69) is 4.74 Å². The van der Waals surface area contributed by atoms with Crippen molar-refractivity contribution in [3.05, 3.63) is 51.3 Å². The third-order valence-corrected chi connectivity index (χ3v) is 3.63. The predicted molar refractivity (Wildman–Crippen MR) is 81.9 cm³/mol. The topological polar surface area (TPSA) is 141 Å². The molecule has 4 N–H and O–H groups in total. The van der Waals surface area contributed by atoms with Crippen LogP contribution in [0.25, 0.3) is 5.69 Å². The maximum absolute atomic E-state index is 12.3. The normalized spacial score (nSPS) is 13.3. The standard InChI is InChI=1S/C15H8F3N3O6/c16-15(17,18)27-5-1-2-8(6(3-5)14(25)26)21-9(22)4-7-10(11(21)19)13(24)20-12(7)23/h1-4H,19H2,(H,25,26)(H,20,23,24). The molecule has 2 amide bonds. The van der Waals surface area contributed by atoms with Gasteiger partial charge in [0.2, 0.25) is 0 Å². The predicted octanol–water partition coefficient (Wildman–Crippen LogP) is 0.900. The Kier molecular flexibility index (Phi) is 3.90. The van der Waals surface area contributed by atoms with Crippen LogP contribution in [0.5, 0.6) is 5.75 Å². The molecule has 12 heteroatoms. The van der Waals surface area contributed by atoms with Crippen molar-refractivity contribution >= 4 is 23.6 Å². The molecule has 140 valence electrons. The summed E-state index contributed by atoms with van der Waals surface area (Å²) < 4.78 is 41.3. The highest BCUT2D eigenvalue weighted by molar-refractivity contribution is 6.23. The number of benzene rings is 1. The number of amides is 2. The van der Waals surface area contributed by atoms with Gasteiger partial charge in [-0.1, -0.05) is 0 Å². The van der Waals surface area contributed by atoms with Crippen molar-refractivity contribution in [2.24, 2.45) is 0 Å². The molecule has 1 aromatic heterocycles. The van der Waals surface area contributed by atoms with E-state index in [-0.39, 0.29) is 11.1 Å². The Labute approximate surface area is 146 Å². The lowest BCUT2D eigenvalue weighted by molar-refractivity contribution is -0.274. The number of pyridine rings is 1. The lowest BCUT2D eigenvalue weighted by Gasteiger charge is -2.16. The van der Waals surface area contributed by atoms with Crippen molar-refractivity contribution in [3.63, 3.8) is 0 Å². The molecule has 0 fully saturated rings. The fraction of sp³-hybridized carbons (Fsp3) is 0.0667. The van der Waals surface area contributed by atoms with E-state index in [1.807, 2.05) is 5.32 Å². The number of nitrogens with two attached hydrogens (primary N) is 1. The van der Waals surface area contributed by atoms with Crippen LogP contribution in [0.2, 0.25) is 0 Å². The molecule has 0 atom stereocenters. The van der Waals surface area contributed by atoms with Crippen LogP contribution in [0, 0.1) is 0 Å². The fourth-order valence-electron chi connectivity index (χ4n) is 2.61. The first-order valence-electron chi connectivity index (χ1n) is 7.04. The lowest BCUT2D eigenvalue weighted by Crippen LogP contribution is -2.26. The highest BCUT2D eigenvalue weighted by Crippen LogP contribution is 2.29. The Bertz CT molecular complexity index is 1070. The van der Waals surface area contributed by atoms with Crippen LogP contribution in [0.3, 0.4) is 0 Å². The molecule has 0 unspecified atom stereocenters. The summed E-state index contributed by atoms with van der Waals surface area (Å²) in [5, 5.41) is 11.2. The maximum atomic E-state index is 12.3. The number of halogens is 3. The van der Waals surface area contributed by atoms with Gasteiger partial charge in [0.1, 0.15) is 11.6 Å². The number of alkyl halides is 3. The number of carbonyl (C=O) groups excluding carboxylic acids is 2. The minimum absolute atomic E-state index is 0.285. The van der Waals surface area contributed by atoms with E-state index in [0.717, 1.165) is 18.2 Å². The summed E-state index contributed by atoms with van der Waals surface area (Å²) in [5.74, 6) is -4.78. The van der Waals surface area contributed by atoms with Gasteiger partial charge in [0.15, 0.2) is 0 Å². The molecule has 0 spiro atoms. The molecule has 2 heterocycles. The Balaban J connectivity index is 2.25. The summed E-state index contributed by atoms with van der Waals surface area (Å²) in [4.78, 5) is 47.2. The molecule has 0 bridgehead atoms. The maximum Gasteiger partial charge on any atom is 0.573 e. The van der Waals surface area contributed by atoms with Crippen LogP contribution in [-0.4, -0.2) is 33.8 Å². The highest BCUT2D eigenvalue weighted by atomic mass is 19.4. The van der Waals surface area contributed by atoms with Gasteiger partial charge in [0, 0.05) is 6.07 Å². The molecule has 0 radical (unpaired) electrons. The minimum Gasteiger partial charge on any atom is -0.478 e. The minimum atomic E-state index is -5.06. The van der Waals surface area contributed by atoms with Crippen molar-refractivity contribution in [1.82, 2.24) is 9.88 Å². The summed E-state index contributed by atoms with van der Waals surface area (Å²) in [6, 6.07) is 2.97. The van der Waals surface area contributed by atoms with Gasteiger partial charge in [-0.3, -0.25) is 24.3 Å². The zero-order valence-corrected chi connectivity index (χ0v) is 13.0. The quantitative estimate of drug-likeness (QED) is 0.669. The Hall–Kier alpha value is -3.83. The Morgan fingerprint density at radius 2 is 1.81 bits per heavy atom. The number of imide groups is 1. The fourth-order valence-corrected chi connectivity index (χ4v) is 2.61. The SMILES string of the molecule is Nc1c2c(cc(=O)n1-c1ccc(OC(F)(F)F)cc1C(=O)O)C(=O)NC2=O. The number of carbonyl (C=O) groups is 3. The number of aromatic nitrogens is 1. The average Bonchev–Trinajstić information content (AvgIpc) is 2.81. The van der Waals surface area contributed by atoms with Gasteiger partial charge in [-0.2, -0.15) is 0 Å². The molecule has 2 aromatic rings. The zero-order chi connectivity index (χ0) is 20.1. The molecular formula is C15H8F3N3O6. The first-order chi connectivity index (χ1) is 12.5. The second-order valence-electron chi connectivity index (χ2n) is 5.31. The zero-order valence-electron chi connectivity index (χ0n) is 13.0. The number of aromatic carboxylic acids is 1. The van der Waals surface area contributed by atoms with Crippen molar-refractivity contribution in [2.45, 2.75) is 6.36 Å². The number of anilines is 1. The molecular weight excluding hydrogens is 375 g/mol. The number of fused-ring (bicyclic) bond motifs is 1. The van der Waals surface area contributed by atoms with Crippen molar-refractivity contribution in [3.8, 4) is 11.4 Å². The molecule has 1 aromatic carbocycles. The van der Waals surface area contributed by atoms with E-state index in [4.69, 9.17) is 5.73 Å². The Morgan fingerprint density at radius 3 is 2.41 bits per heavy atom. The second kappa shape index (κ2) is 5.86. The van der Waals surface area contributed by atoms with E-state index >= 15 is 0 Å². The molecule has 0 saturated heterocycles. The molecule has 1 aliphatic rings. The summed E-state index contributed by atoms with van der Waals surface area (Å²) in [7, 11) is 0. The number of nitrogens with zero attached hydrogens (tertiary/aromatic N) is 1. The van der Waals surface area contributed by atoms with Gasteiger partial charge >= 0.3 is 12.3 Å². The molecule has 1 aliphatic heterocycles. The van der Waals surface area contributed by atoms with Crippen molar-refractivity contribution < 1.29 is 37.4 Å². The smallest absolute Gasteiger partial charge is 0.478 e. The highest BCUT2D eigenvalue weighted by Gasteiger charge is 2.34. The van der Waals surface area contributed by atoms with Gasteiger partial charge in [0.25, 0.3) is 17.4 Å². The van der Waals surface area contributed by atoms with Crippen molar-refractivity contribution in [2.75, 3.05) is 5.73 Å². The van der Waals surface area contributed by atoms with E-state index in [1.54, 1.807) is 0 Å². The van der Waals surface area contributed by atoms with Crippen LogP contribution < -0.4 is 21.3 Å². The first-order valence-corrected chi connectivity index (χ1v) is 7.04. The molecule has 0 saturated carbocycles. The monoisotopic (exact) mass is 383 g/mol. The third-order valence-electron chi connectivity index (χ3n) is 3.63. The number of rotatable bonds is 3. The van der Waals surface area contributed by atoms with E-state index in [0.29, 0.717) is 10.6 Å². The molecule has 27 heavy (non-hydrogen) atoms. The molecule has 0 aliphatic carbocycles. The van der Waals surface area contributed by atoms with Crippen LogP contribution >= 0.6 is 0 Å². The number of hydrogen-bond acceptors (Lipinski definition) is 6. The number of ether oxygens (including phenoxy) is 1. The largest absolute Gasteiger partial charge is 0.573 e. The van der Waals surface area contributed by atoms with Crippen LogP contribution in [-0.2, 0) is 0 Å². The summed E-state index contributed by atoms with van der Waals surface area (Å²) >= 11 is 0. The van der Waals surface area contributed by atoms with Crippen molar-refractivity contribution in [1.29, 1.82) is 0 Å². The van der Waals surface area contributed by atoms with Crippen LogP contribution in [0.1, 0.15) is 31.1 Å². The van der Waals surface area contributed by atoms with Gasteiger partial charge in [-0.25, -0.2) is 4.79 Å². The number of carboxylic acid groups (broad SMARTS) is 1. The Morgan fingerprint density at radius 1 is 1.15 bits per heavy atom. The van der Waals surface area contributed by atoms with Gasteiger partial charge in [-0.05, 0) is 18.2 Å². The first kappa shape index (κ1) is 18.0. The van der Waals surface area contributed by atoms with Crippen LogP contribution in [0.15, 0.2) is 29.1 Å². The van der Waals surface area contributed by atoms with Crippen LogP contribution in [0.4, 0.5) is 19.0 Å². The summed E-state index contributed by atoms with van der Waals surface area (Å²) in [6.45, 7) is 0. The molecule has 9 nitrogen and oxygen atoms in total. The molecule has 3 rings (SSSR count).